The van der Waals surface area contributed by atoms with Crippen molar-refractivity contribution in [2.45, 2.75) is 6.92 Å². The average molecular weight is 369 g/mol. The fourth-order valence-corrected chi connectivity index (χ4v) is 2.25. The smallest absolute Gasteiger partial charge is 1.00 e. The van der Waals surface area contributed by atoms with Crippen molar-refractivity contribution in [1.82, 2.24) is 0 Å². The van der Waals surface area contributed by atoms with Crippen molar-refractivity contribution in [2.75, 3.05) is 0 Å². The first-order chi connectivity index (χ1) is 7.84. The van der Waals surface area contributed by atoms with Crippen LogP contribution in [0.3, 0.4) is 0 Å². The topological polar surface area (TPSA) is 0 Å². The van der Waals surface area contributed by atoms with E-state index in [4.69, 9.17) is 0 Å². The van der Waals surface area contributed by atoms with Gasteiger partial charge in [0.15, 0.2) is 0 Å². The predicted molar refractivity (Wildman–Crippen MR) is 69.7 cm³/mol. The number of halogens is 2. The third-order valence-corrected chi connectivity index (χ3v) is 2.98. The summed E-state index contributed by atoms with van der Waals surface area (Å²) in [5.41, 5.74) is 3.95. The fraction of sp³-hybridized carbons (Fsp3) is 0.0625. The zero-order valence-electron chi connectivity index (χ0n) is 10.5. The minimum absolute atomic E-state index is 0. The third-order valence-electron chi connectivity index (χ3n) is 2.98. The van der Waals surface area contributed by atoms with Crippen LogP contribution in [0.4, 0.5) is 0 Å². The largest absolute Gasteiger partial charge is 3.00 e. The summed E-state index contributed by atoms with van der Waals surface area (Å²) in [4.78, 5) is 0. The van der Waals surface area contributed by atoms with Crippen LogP contribution in [0.25, 0.3) is 21.9 Å². The molecule has 0 amide bonds. The van der Waals surface area contributed by atoms with Gasteiger partial charge in [-0.1, -0.05) is 48.9 Å². The van der Waals surface area contributed by atoms with Crippen molar-refractivity contribution >= 4 is 10.8 Å². The zero-order chi connectivity index (χ0) is 11.0. The van der Waals surface area contributed by atoms with E-state index in [1.54, 1.807) is 0 Å². The molecule has 0 N–H and O–H groups in total. The van der Waals surface area contributed by atoms with Gasteiger partial charge in [0.25, 0.3) is 0 Å². The molecule has 0 aromatic heterocycles. The van der Waals surface area contributed by atoms with E-state index in [9.17, 15) is 0 Å². The Bertz CT molecular complexity index is 632. The molecule has 0 atom stereocenters. The number of hydrogen-bond acceptors (Lipinski definition) is 0. The summed E-state index contributed by atoms with van der Waals surface area (Å²) >= 11 is 0. The first-order valence-electron chi connectivity index (χ1n) is 5.56. The molecule has 0 heterocycles. The molecule has 19 heavy (non-hydrogen) atoms. The van der Waals surface area contributed by atoms with E-state index in [2.05, 4.69) is 67.6 Å². The maximum atomic E-state index is 2.26. The van der Waals surface area contributed by atoms with Crippen molar-refractivity contribution in [3.63, 3.8) is 0 Å². The number of rotatable bonds is 1. The molecule has 3 heteroatoms. The van der Waals surface area contributed by atoms with Gasteiger partial charge in [0, 0.05) is 0 Å². The van der Waals surface area contributed by atoms with Gasteiger partial charge in [-0.25, -0.2) is 0 Å². The van der Waals surface area contributed by atoms with Gasteiger partial charge in [-0.3, -0.25) is 0 Å². The monoisotopic (exact) mass is 367 g/mol. The van der Waals surface area contributed by atoms with Crippen LogP contribution in [0.5, 0.6) is 0 Å². The van der Waals surface area contributed by atoms with Gasteiger partial charge in [0.1, 0.15) is 0 Å². The maximum Gasteiger partial charge on any atom is 3.00 e. The minimum Gasteiger partial charge on any atom is -1.00 e. The second-order valence-electron chi connectivity index (χ2n) is 4.21. The van der Waals surface area contributed by atoms with Crippen LogP contribution >= 0.6 is 0 Å². The molecule has 0 aliphatic heterocycles. The van der Waals surface area contributed by atoms with Gasteiger partial charge in [0.2, 0.25) is 0 Å². The Morgan fingerprint density at radius 1 is 0.895 bits per heavy atom. The number of aryl methyl sites for hydroxylation is 1. The van der Waals surface area contributed by atoms with E-state index >= 15 is 0 Å². The molecule has 0 aliphatic rings. The van der Waals surface area contributed by atoms with Gasteiger partial charge >= 0.3 is 21.7 Å². The summed E-state index contributed by atoms with van der Waals surface area (Å²) in [5.74, 6) is 0. The molecule has 3 aromatic rings. The molecule has 0 saturated carbocycles. The Balaban J connectivity index is 0.00000108. The standard InChI is InChI=1S/C16H13.BrH.ClH.Ti/c1-12-10-14-8-5-9-15(16(14)11-12)13-6-3-2-4-7-13;;;/h2-11H,1H3;2*1H;/q-1;;;+3/p-2. The van der Waals surface area contributed by atoms with Crippen molar-refractivity contribution in [1.29, 1.82) is 0 Å². The molecular weight excluding hydrogens is 355 g/mol. The second-order valence-corrected chi connectivity index (χ2v) is 4.21. The fourth-order valence-electron chi connectivity index (χ4n) is 2.25. The van der Waals surface area contributed by atoms with E-state index in [0.29, 0.717) is 0 Å². The molecule has 0 fully saturated rings. The van der Waals surface area contributed by atoms with Crippen LogP contribution in [0.15, 0.2) is 60.7 Å². The van der Waals surface area contributed by atoms with E-state index < -0.39 is 0 Å². The molecule has 0 aliphatic carbocycles. The molecule has 3 aromatic carbocycles. The third kappa shape index (κ3) is 3.76. The predicted octanol–water partition coefficient (Wildman–Crippen LogP) is -1.46. The normalized spacial score (nSPS) is 9.11. The summed E-state index contributed by atoms with van der Waals surface area (Å²) in [5, 5.41) is 2.69. The first kappa shape index (κ1) is 18.5. The molecule has 0 bridgehead atoms. The Labute approximate surface area is 145 Å². The van der Waals surface area contributed by atoms with Gasteiger partial charge < -0.3 is 29.4 Å². The Kier molecular flexibility index (Phi) is 7.77. The molecule has 0 saturated heterocycles. The number of fused-ring (bicyclic) bond motifs is 1. The van der Waals surface area contributed by atoms with Crippen molar-refractivity contribution in [3.8, 4) is 11.1 Å². The molecule has 1 radical (unpaired) electrons. The molecule has 95 valence electrons. The van der Waals surface area contributed by atoms with E-state index in [0.717, 1.165) is 0 Å². The molecule has 0 unspecified atom stereocenters. The van der Waals surface area contributed by atoms with Crippen LogP contribution in [0.1, 0.15) is 5.56 Å². The summed E-state index contributed by atoms with van der Waals surface area (Å²) < 4.78 is 0. The zero-order valence-corrected chi connectivity index (χ0v) is 14.4. The van der Waals surface area contributed by atoms with Crippen molar-refractivity contribution in [3.05, 3.63) is 66.2 Å². The number of hydrogen-bond donors (Lipinski definition) is 0. The van der Waals surface area contributed by atoms with Crippen LogP contribution in [0, 0.1) is 6.92 Å². The second kappa shape index (κ2) is 7.96. The quantitative estimate of drug-likeness (QED) is 0.364. The van der Waals surface area contributed by atoms with E-state index in [-0.39, 0.29) is 51.1 Å². The first-order valence-corrected chi connectivity index (χ1v) is 5.56. The average Bonchev–Trinajstić information content (AvgIpc) is 2.70. The van der Waals surface area contributed by atoms with Crippen LogP contribution in [-0.4, -0.2) is 0 Å². The van der Waals surface area contributed by atoms with E-state index in [1.165, 1.54) is 27.5 Å². The SMILES string of the molecule is Cc1cc2c(-c3ccccc3)cccc2[cH-]1.[Br-].[Cl-].[Ti+3]. The van der Waals surface area contributed by atoms with E-state index in [1.807, 2.05) is 0 Å². The number of benzene rings is 2. The van der Waals surface area contributed by atoms with Crippen molar-refractivity contribution in [2.24, 2.45) is 0 Å². The summed E-state index contributed by atoms with van der Waals surface area (Å²) in [7, 11) is 0. The minimum atomic E-state index is 0. The van der Waals surface area contributed by atoms with Crippen LogP contribution < -0.4 is 29.4 Å². The molecule has 0 spiro atoms. The summed E-state index contributed by atoms with van der Waals surface area (Å²) in [6, 6.07) is 21.6. The Hall–Kier alpha value is -0.466. The van der Waals surface area contributed by atoms with Gasteiger partial charge in [0.05, 0.1) is 0 Å². The van der Waals surface area contributed by atoms with Gasteiger partial charge in [-0.15, -0.1) is 34.5 Å². The summed E-state index contributed by atoms with van der Waals surface area (Å²) in [6.07, 6.45) is 0. The van der Waals surface area contributed by atoms with Crippen molar-refractivity contribution < 1.29 is 51.1 Å². The van der Waals surface area contributed by atoms with Crippen LogP contribution in [-0.2, 0) is 21.7 Å². The van der Waals surface area contributed by atoms with Gasteiger partial charge in [-0.2, -0.15) is 6.07 Å². The molecular formula is C16H13BrClTi. The molecule has 3 rings (SSSR count). The van der Waals surface area contributed by atoms with Crippen LogP contribution in [0.2, 0.25) is 0 Å². The Morgan fingerprint density at radius 2 is 1.58 bits per heavy atom. The maximum absolute atomic E-state index is 2.26. The Morgan fingerprint density at radius 3 is 2.26 bits per heavy atom. The van der Waals surface area contributed by atoms with Gasteiger partial charge in [-0.05, 0) is 5.56 Å². The summed E-state index contributed by atoms with van der Waals surface area (Å²) in [6.45, 7) is 2.15. The molecule has 0 nitrogen and oxygen atoms in total.